The molecule has 1 unspecified atom stereocenters. The van der Waals surface area contributed by atoms with Crippen LogP contribution in [0.1, 0.15) is 65.2 Å². The van der Waals surface area contributed by atoms with Crippen molar-refractivity contribution in [2.24, 2.45) is 11.3 Å². The highest BCUT2D eigenvalue weighted by Crippen LogP contribution is 2.39. The van der Waals surface area contributed by atoms with Crippen molar-refractivity contribution in [1.82, 2.24) is 10.2 Å². The van der Waals surface area contributed by atoms with E-state index in [4.69, 9.17) is 0 Å². The smallest absolute Gasteiger partial charge is 0.00503 e. The van der Waals surface area contributed by atoms with Gasteiger partial charge in [0.1, 0.15) is 0 Å². The molecule has 2 rings (SSSR count). The third-order valence-electron chi connectivity index (χ3n) is 5.33. The molecule has 1 saturated heterocycles. The van der Waals surface area contributed by atoms with E-state index in [9.17, 15) is 0 Å². The van der Waals surface area contributed by atoms with Crippen LogP contribution in [0, 0.1) is 11.3 Å². The Kier molecular flexibility index (Phi) is 6.15. The van der Waals surface area contributed by atoms with Gasteiger partial charge in [-0.15, -0.1) is 0 Å². The number of hydrogen-bond acceptors (Lipinski definition) is 2. The van der Waals surface area contributed by atoms with Crippen molar-refractivity contribution in [3.8, 4) is 0 Å². The van der Waals surface area contributed by atoms with E-state index in [0.717, 1.165) is 5.92 Å². The Morgan fingerprint density at radius 3 is 2.63 bits per heavy atom. The highest BCUT2D eigenvalue weighted by atomic mass is 15.1. The molecule has 2 nitrogen and oxygen atoms in total. The first kappa shape index (κ1) is 15.3. The Labute approximate surface area is 120 Å². The number of rotatable bonds is 7. The van der Waals surface area contributed by atoms with Crippen molar-refractivity contribution >= 4 is 0 Å². The van der Waals surface area contributed by atoms with Crippen LogP contribution in [0.25, 0.3) is 0 Å². The van der Waals surface area contributed by atoms with Gasteiger partial charge in [0, 0.05) is 19.6 Å². The van der Waals surface area contributed by atoms with Crippen LogP contribution < -0.4 is 5.32 Å². The first-order valence-electron chi connectivity index (χ1n) is 8.71. The van der Waals surface area contributed by atoms with Crippen LogP contribution >= 0.6 is 0 Å². The topological polar surface area (TPSA) is 15.3 Å². The van der Waals surface area contributed by atoms with Gasteiger partial charge in [-0.2, -0.15) is 0 Å². The maximum absolute atomic E-state index is 3.71. The van der Waals surface area contributed by atoms with Crippen molar-refractivity contribution < 1.29 is 0 Å². The van der Waals surface area contributed by atoms with Crippen LogP contribution in [0.5, 0.6) is 0 Å². The second kappa shape index (κ2) is 7.64. The molecule has 1 N–H and O–H groups in total. The van der Waals surface area contributed by atoms with E-state index in [1.807, 2.05) is 0 Å². The van der Waals surface area contributed by atoms with Crippen LogP contribution in [0.2, 0.25) is 0 Å². The number of nitrogens with one attached hydrogen (secondary N) is 1. The summed E-state index contributed by atoms with van der Waals surface area (Å²) in [5, 5.41) is 3.71. The van der Waals surface area contributed by atoms with Crippen molar-refractivity contribution in [3.05, 3.63) is 0 Å². The lowest BCUT2D eigenvalue weighted by Gasteiger charge is -2.39. The number of hydrogen-bond donors (Lipinski definition) is 1. The summed E-state index contributed by atoms with van der Waals surface area (Å²) in [7, 11) is 0. The molecule has 19 heavy (non-hydrogen) atoms. The summed E-state index contributed by atoms with van der Waals surface area (Å²) in [4.78, 5) is 2.79. The molecule has 1 saturated carbocycles. The van der Waals surface area contributed by atoms with Gasteiger partial charge >= 0.3 is 0 Å². The van der Waals surface area contributed by atoms with Gasteiger partial charge in [0.2, 0.25) is 0 Å². The Bertz CT molecular complexity index is 246. The Morgan fingerprint density at radius 1 is 1.16 bits per heavy atom. The average molecular weight is 266 g/mol. The Balaban J connectivity index is 1.85. The van der Waals surface area contributed by atoms with Gasteiger partial charge in [0.15, 0.2) is 0 Å². The maximum Gasteiger partial charge on any atom is 0.00503 e. The van der Waals surface area contributed by atoms with E-state index in [2.05, 4.69) is 24.1 Å². The number of nitrogens with zero attached hydrogens (tertiary/aromatic N) is 1. The standard InChI is InChI=1S/C17H34N2/c1-3-11-18-14-17(9-5-6-10-17)15-19-12-7-8-16(4-2)13-19/h16,18H,3-15H2,1-2H3. The predicted octanol–water partition coefficient (Wildman–Crippen LogP) is 3.67. The quantitative estimate of drug-likeness (QED) is 0.707. The van der Waals surface area contributed by atoms with E-state index in [0.29, 0.717) is 5.41 Å². The van der Waals surface area contributed by atoms with E-state index >= 15 is 0 Å². The fraction of sp³-hybridized carbons (Fsp3) is 1.00. The first-order valence-corrected chi connectivity index (χ1v) is 8.71. The van der Waals surface area contributed by atoms with Gasteiger partial charge in [0.05, 0.1) is 0 Å². The second-order valence-corrected chi connectivity index (χ2v) is 7.04. The van der Waals surface area contributed by atoms with E-state index in [1.54, 1.807) is 0 Å². The minimum Gasteiger partial charge on any atom is -0.316 e. The summed E-state index contributed by atoms with van der Waals surface area (Å²) >= 11 is 0. The second-order valence-electron chi connectivity index (χ2n) is 7.04. The van der Waals surface area contributed by atoms with Crippen molar-refractivity contribution in [1.29, 1.82) is 0 Å². The van der Waals surface area contributed by atoms with Gasteiger partial charge in [0.25, 0.3) is 0 Å². The van der Waals surface area contributed by atoms with Crippen LogP contribution in [0.3, 0.4) is 0 Å². The summed E-state index contributed by atoms with van der Waals surface area (Å²) in [5.74, 6) is 0.968. The zero-order valence-electron chi connectivity index (χ0n) is 13.2. The Hall–Kier alpha value is -0.0800. The number of piperidine rings is 1. The lowest BCUT2D eigenvalue weighted by Crippen LogP contribution is -2.46. The molecular weight excluding hydrogens is 232 g/mol. The van der Waals surface area contributed by atoms with E-state index < -0.39 is 0 Å². The van der Waals surface area contributed by atoms with Gasteiger partial charge in [-0.1, -0.05) is 33.1 Å². The largest absolute Gasteiger partial charge is 0.316 e. The molecule has 0 radical (unpaired) electrons. The third kappa shape index (κ3) is 4.46. The summed E-state index contributed by atoms with van der Waals surface area (Å²) in [6.45, 7) is 11.2. The monoisotopic (exact) mass is 266 g/mol. The molecule has 2 fully saturated rings. The minimum atomic E-state index is 0.602. The zero-order valence-corrected chi connectivity index (χ0v) is 13.2. The minimum absolute atomic E-state index is 0.602. The molecule has 0 aromatic rings. The predicted molar refractivity (Wildman–Crippen MR) is 83.5 cm³/mol. The number of likely N-dealkylation sites (tertiary alicyclic amines) is 1. The van der Waals surface area contributed by atoms with Gasteiger partial charge in [-0.3, -0.25) is 0 Å². The highest BCUT2D eigenvalue weighted by molar-refractivity contribution is 4.90. The maximum atomic E-state index is 3.71. The van der Waals surface area contributed by atoms with Crippen molar-refractivity contribution in [2.45, 2.75) is 65.2 Å². The molecule has 112 valence electrons. The molecule has 0 bridgehead atoms. The Morgan fingerprint density at radius 2 is 1.95 bits per heavy atom. The highest BCUT2D eigenvalue weighted by Gasteiger charge is 2.36. The molecule has 0 aromatic heterocycles. The fourth-order valence-corrected chi connectivity index (χ4v) is 4.15. The summed E-state index contributed by atoms with van der Waals surface area (Å²) < 4.78 is 0. The molecule has 0 spiro atoms. The van der Waals surface area contributed by atoms with E-state index in [1.165, 1.54) is 84.1 Å². The van der Waals surface area contributed by atoms with Gasteiger partial charge in [-0.25, -0.2) is 0 Å². The summed E-state index contributed by atoms with van der Waals surface area (Å²) in [6.07, 6.45) is 11.4. The lowest BCUT2D eigenvalue weighted by molar-refractivity contribution is 0.102. The van der Waals surface area contributed by atoms with Crippen LogP contribution in [-0.4, -0.2) is 37.6 Å². The summed E-state index contributed by atoms with van der Waals surface area (Å²) in [5.41, 5.74) is 0.602. The first-order chi connectivity index (χ1) is 9.28. The molecular formula is C17H34N2. The zero-order chi connectivity index (χ0) is 13.6. The summed E-state index contributed by atoms with van der Waals surface area (Å²) in [6, 6.07) is 0. The fourth-order valence-electron chi connectivity index (χ4n) is 4.15. The molecule has 1 atom stereocenters. The SMILES string of the molecule is CCCNCC1(CN2CCCC(CC)C2)CCCC1. The van der Waals surface area contributed by atoms with Crippen molar-refractivity contribution in [3.63, 3.8) is 0 Å². The van der Waals surface area contributed by atoms with Gasteiger partial charge in [-0.05, 0) is 56.5 Å². The van der Waals surface area contributed by atoms with Gasteiger partial charge < -0.3 is 10.2 Å². The molecule has 1 aliphatic carbocycles. The van der Waals surface area contributed by atoms with Crippen molar-refractivity contribution in [2.75, 3.05) is 32.7 Å². The molecule has 1 heterocycles. The molecule has 2 heteroatoms. The average Bonchev–Trinajstić information content (AvgIpc) is 2.88. The van der Waals surface area contributed by atoms with E-state index in [-0.39, 0.29) is 0 Å². The molecule has 0 aromatic carbocycles. The van der Waals surface area contributed by atoms with Crippen LogP contribution in [0.4, 0.5) is 0 Å². The van der Waals surface area contributed by atoms with Crippen LogP contribution in [0.15, 0.2) is 0 Å². The van der Waals surface area contributed by atoms with Crippen LogP contribution in [-0.2, 0) is 0 Å². The molecule has 2 aliphatic rings. The normalized spacial score (nSPS) is 27.8. The molecule has 0 amide bonds. The lowest BCUT2D eigenvalue weighted by atomic mass is 9.84. The molecule has 1 aliphatic heterocycles. The third-order valence-corrected chi connectivity index (χ3v) is 5.33.